The number of aliphatic hydroxyl groups excluding tert-OH is 3. The molecule has 0 bridgehead atoms. The smallest absolute Gasteiger partial charge is 0.317 e. The Bertz CT molecular complexity index is 138. The number of hydrogen-bond acceptors (Lipinski definition) is 4. The fourth-order valence-corrected chi connectivity index (χ4v) is 0.628. The average Bonchev–Trinajstić information content (AvgIpc) is 1.90. The van der Waals surface area contributed by atoms with Crippen LogP contribution in [0.1, 0.15) is 6.92 Å². The minimum atomic E-state index is -1.83. The van der Waals surface area contributed by atoms with Gasteiger partial charge in [0.2, 0.25) is 0 Å². The summed E-state index contributed by atoms with van der Waals surface area (Å²) in [5, 5.41) is 34.7. The highest BCUT2D eigenvalue weighted by Crippen LogP contribution is 2.20. The summed E-state index contributed by atoms with van der Waals surface area (Å²) in [4.78, 5) is 10.4. The number of carboxylic acid groups (broad SMARTS) is 1. The largest absolute Gasteiger partial charge is 0.481 e. The zero-order chi connectivity index (χ0) is 9.07. The highest BCUT2D eigenvalue weighted by Gasteiger charge is 2.42. The van der Waals surface area contributed by atoms with E-state index in [1.54, 1.807) is 0 Å². The van der Waals surface area contributed by atoms with Crippen molar-refractivity contribution in [1.82, 2.24) is 0 Å². The van der Waals surface area contributed by atoms with Gasteiger partial charge < -0.3 is 20.4 Å². The van der Waals surface area contributed by atoms with Crippen molar-refractivity contribution in [2.24, 2.45) is 5.41 Å². The van der Waals surface area contributed by atoms with Gasteiger partial charge in [-0.2, -0.15) is 0 Å². The summed E-state index contributed by atoms with van der Waals surface area (Å²) in [5.74, 6) is -1.41. The molecule has 0 aromatic rings. The van der Waals surface area contributed by atoms with Crippen LogP contribution in [0.25, 0.3) is 0 Å². The molecule has 0 aliphatic carbocycles. The molecule has 0 aliphatic rings. The monoisotopic (exact) mass is 164 g/mol. The summed E-state index contributed by atoms with van der Waals surface area (Å²) >= 11 is 0. The summed E-state index contributed by atoms with van der Waals surface area (Å²) in [5.41, 5.74) is -1.83. The molecule has 0 radical (unpaired) electrons. The minimum absolute atomic E-state index is 0.781. The van der Waals surface area contributed by atoms with Gasteiger partial charge in [0.15, 0.2) is 0 Å². The van der Waals surface area contributed by atoms with Gasteiger partial charge in [0.25, 0.3) is 0 Å². The number of aliphatic hydroxyl groups is 3. The molecule has 0 aromatic heterocycles. The Morgan fingerprint density at radius 3 is 1.82 bits per heavy atom. The van der Waals surface area contributed by atoms with Crippen LogP contribution >= 0.6 is 0 Å². The van der Waals surface area contributed by atoms with Gasteiger partial charge >= 0.3 is 5.97 Å². The molecule has 66 valence electrons. The van der Waals surface area contributed by atoms with Gasteiger partial charge in [0.1, 0.15) is 5.41 Å². The van der Waals surface area contributed by atoms with Gasteiger partial charge in [-0.05, 0) is 6.92 Å². The number of hydrogen-bond donors (Lipinski definition) is 4. The van der Waals surface area contributed by atoms with Gasteiger partial charge in [-0.25, -0.2) is 0 Å². The molecule has 4 N–H and O–H groups in total. The predicted octanol–water partition coefficient (Wildman–Crippen LogP) is -1.58. The van der Waals surface area contributed by atoms with Crippen LogP contribution in [0, 0.1) is 5.41 Å². The first-order chi connectivity index (χ1) is 5.01. The molecule has 0 rings (SSSR count). The van der Waals surface area contributed by atoms with Crippen molar-refractivity contribution in [3.8, 4) is 0 Å². The summed E-state index contributed by atoms with van der Waals surface area (Å²) < 4.78 is 0. The summed E-state index contributed by atoms with van der Waals surface area (Å²) in [7, 11) is 0. The molecule has 1 unspecified atom stereocenters. The van der Waals surface area contributed by atoms with E-state index >= 15 is 0 Å². The first-order valence-electron chi connectivity index (χ1n) is 3.14. The van der Waals surface area contributed by atoms with E-state index in [1.807, 2.05) is 0 Å². The lowest BCUT2D eigenvalue weighted by atomic mass is 9.85. The maximum atomic E-state index is 10.4. The second-order valence-electron chi connectivity index (χ2n) is 2.45. The highest BCUT2D eigenvalue weighted by molar-refractivity contribution is 5.75. The van der Waals surface area contributed by atoms with Gasteiger partial charge in [0.05, 0.1) is 19.3 Å². The van der Waals surface area contributed by atoms with Crippen LogP contribution in [0.5, 0.6) is 0 Å². The summed E-state index contributed by atoms with van der Waals surface area (Å²) in [6, 6.07) is 0. The van der Waals surface area contributed by atoms with Crippen LogP contribution in [0.15, 0.2) is 0 Å². The normalized spacial score (nSPS) is 14.5. The third-order valence-corrected chi connectivity index (χ3v) is 1.79. The second kappa shape index (κ2) is 3.66. The van der Waals surface area contributed by atoms with Crippen LogP contribution in [0.2, 0.25) is 0 Å². The fourth-order valence-electron chi connectivity index (χ4n) is 0.628. The van der Waals surface area contributed by atoms with Crippen molar-refractivity contribution in [2.45, 2.75) is 13.0 Å². The number of carbonyl (C=O) groups is 1. The molecule has 5 heteroatoms. The molecule has 0 heterocycles. The second-order valence-corrected chi connectivity index (χ2v) is 2.45. The van der Waals surface area contributed by atoms with E-state index in [-0.39, 0.29) is 0 Å². The molecule has 11 heavy (non-hydrogen) atoms. The Hall–Kier alpha value is -0.650. The Kier molecular flexibility index (Phi) is 3.44. The molecular formula is C6H12O5. The molecule has 0 amide bonds. The van der Waals surface area contributed by atoms with E-state index in [1.165, 1.54) is 6.92 Å². The zero-order valence-electron chi connectivity index (χ0n) is 6.19. The Labute approximate surface area is 63.9 Å². The maximum Gasteiger partial charge on any atom is 0.317 e. The molecule has 1 atom stereocenters. The van der Waals surface area contributed by atoms with E-state index < -0.39 is 30.7 Å². The maximum absolute atomic E-state index is 10.4. The Morgan fingerprint density at radius 1 is 1.45 bits per heavy atom. The van der Waals surface area contributed by atoms with Crippen LogP contribution < -0.4 is 0 Å². The fraction of sp³-hybridized carbons (Fsp3) is 0.833. The van der Waals surface area contributed by atoms with Gasteiger partial charge in [-0.15, -0.1) is 0 Å². The van der Waals surface area contributed by atoms with Gasteiger partial charge in [0, 0.05) is 0 Å². The average molecular weight is 164 g/mol. The predicted molar refractivity (Wildman–Crippen MR) is 35.9 cm³/mol. The Morgan fingerprint density at radius 2 is 1.82 bits per heavy atom. The topological polar surface area (TPSA) is 98.0 Å². The molecule has 0 saturated carbocycles. The molecule has 0 aliphatic heterocycles. The lowest BCUT2D eigenvalue weighted by Gasteiger charge is -2.27. The van der Waals surface area contributed by atoms with Crippen molar-refractivity contribution in [3.05, 3.63) is 0 Å². The van der Waals surface area contributed by atoms with E-state index in [4.69, 9.17) is 20.4 Å². The van der Waals surface area contributed by atoms with Crippen molar-refractivity contribution in [1.29, 1.82) is 0 Å². The molecule has 0 saturated heterocycles. The molecule has 0 fully saturated rings. The van der Waals surface area contributed by atoms with Crippen molar-refractivity contribution >= 4 is 5.97 Å². The zero-order valence-corrected chi connectivity index (χ0v) is 6.19. The molecular weight excluding hydrogens is 152 g/mol. The van der Waals surface area contributed by atoms with Crippen LogP contribution in [0.3, 0.4) is 0 Å². The van der Waals surface area contributed by atoms with E-state index in [0.29, 0.717) is 0 Å². The van der Waals surface area contributed by atoms with Crippen LogP contribution in [-0.4, -0.2) is 45.7 Å². The van der Waals surface area contributed by atoms with Crippen LogP contribution in [0.4, 0.5) is 0 Å². The third-order valence-electron chi connectivity index (χ3n) is 1.79. The molecule has 0 aromatic carbocycles. The van der Waals surface area contributed by atoms with Crippen molar-refractivity contribution in [2.75, 3.05) is 13.2 Å². The highest BCUT2D eigenvalue weighted by atomic mass is 16.4. The summed E-state index contributed by atoms with van der Waals surface area (Å²) in [6.07, 6.45) is -1.28. The minimum Gasteiger partial charge on any atom is -0.481 e. The lowest BCUT2D eigenvalue weighted by molar-refractivity contribution is -0.164. The van der Waals surface area contributed by atoms with Crippen molar-refractivity contribution in [3.63, 3.8) is 0 Å². The van der Waals surface area contributed by atoms with Gasteiger partial charge in [-0.1, -0.05) is 0 Å². The first kappa shape index (κ1) is 10.3. The van der Waals surface area contributed by atoms with Gasteiger partial charge in [-0.3, -0.25) is 4.79 Å². The van der Waals surface area contributed by atoms with Crippen LogP contribution in [-0.2, 0) is 4.79 Å². The standard InChI is InChI=1S/C6H12O5/c1-4(9)6(2-7,3-8)5(10)11/h4,7-9H,2-3H2,1H3,(H,10,11). The number of aliphatic carboxylic acids is 1. The van der Waals surface area contributed by atoms with E-state index in [9.17, 15) is 4.79 Å². The number of carboxylic acids is 1. The SMILES string of the molecule is CC(O)C(CO)(CO)C(=O)O. The lowest BCUT2D eigenvalue weighted by Crippen LogP contribution is -2.47. The Balaban J connectivity index is 4.61. The van der Waals surface area contributed by atoms with E-state index in [0.717, 1.165) is 0 Å². The van der Waals surface area contributed by atoms with Crippen molar-refractivity contribution < 1.29 is 25.2 Å². The molecule has 5 nitrogen and oxygen atoms in total. The number of rotatable bonds is 4. The summed E-state index contributed by atoms with van der Waals surface area (Å²) in [6.45, 7) is -0.354. The van der Waals surface area contributed by atoms with E-state index in [2.05, 4.69) is 0 Å². The quantitative estimate of drug-likeness (QED) is 0.402. The molecule has 0 spiro atoms. The third kappa shape index (κ3) is 1.68. The first-order valence-corrected chi connectivity index (χ1v) is 3.14.